The van der Waals surface area contributed by atoms with Gasteiger partial charge in [0.05, 0.1) is 17.5 Å². The molecule has 5 heteroatoms. The Morgan fingerprint density at radius 1 is 1.19 bits per heavy atom. The van der Waals surface area contributed by atoms with Crippen LogP contribution in [0.25, 0.3) is 0 Å². The third kappa shape index (κ3) is 4.06. The molecule has 0 aromatic heterocycles. The largest absolute Gasteiger partial charge is 0.489 e. The number of rotatable bonds is 4. The van der Waals surface area contributed by atoms with Gasteiger partial charge in [-0.15, -0.1) is 0 Å². The molecular formula is C16H14N2O3. The van der Waals surface area contributed by atoms with Crippen LogP contribution >= 0.6 is 0 Å². The third-order valence-corrected chi connectivity index (χ3v) is 2.77. The minimum absolute atomic E-state index is 0.00343. The molecule has 0 heterocycles. The van der Waals surface area contributed by atoms with E-state index in [0.29, 0.717) is 12.3 Å². The molecule has 0 unspecified atom stereocenters. The molecule has 2 rings (SSSR count). The average Bonchev–Trinajstić information content (AvgIpc) is 2.52. The van der Waals surface area contributed by atoms with E-state index in [9.17, 15) is 10.1 Å². The number of ether oxygens (including phenoxy) is 1. The normalized spacial score (nSPS) is 9.57. The van der Waals surface area contributed by atoms with Gasteiger partial charge < -0.3 is 10.5 Å². The summed E-state index contributed by atoms with van der Waals surface area (Å²) in [6.07, 6.45) is 0. The maximum Gasteiger partial charge on any atom is 0.273 e. The van der Waals surface area contributed by atoms with Crippen LogP contribution < -0.4 is 10.5 Å². The Morgan fingerprint density at radius 2 is 2.00 bits per heavy atom. The first-order valence-corrected chi connectivity index (χ1v) is 6.35. The number of hydrogen-bond donors (Lipinski definition) is 1. The van der Waals surface area contributed by atoms with E-state index in [-0.39, 0.29) is 12.3 Å². The average molecular weight is 282 g/mol. The number of hydrogen-bond acceptors (Lipinski definition) is 4. The molecule has 0 bridgehead atoms. The van der Waals surface area contributed by atoms with E-state index in [1.165, 1.54) is 12.1 Å². The van der Waals surface area contributed by atoms with Gasteiger partial charge in [0.2, 0.25) is 0 Å². The number of nitrogens with zero attached hydrogens (tertiary/aromatic N) is 1. The van der Waals surface area contributed by atoms with E-state index in [2.05, 4.69) is 11.8 Å². The van der Waals surface area contributed by atoms with Gasteiger partial charge in [-0.1, -0.05) is 36.1 Å². The molecule has 0 spiro atoms. The van der Waals surface area contributed by atoms with Crippen molar-refractivity contribution >= 4 is 5.69 Å². The van der Waals surface area contributed by atoms with Gasteiger partial charge in [0.1, 0.15) is 12.4 Å². The molecule has 0 atom stereocenters. The molecule has 2 N–H and O–H groups in total. The molecule has 0 aliphatic carbocycles. The summed E-state index contributed by atoms with van der Waals surface area (Å²) >= 11 is 0. The molecular weight excluding hydrogens is 268 g/mol. The van der Waals surface area contributed by atoms with Crippen LogP contribution in [-0.4, -0.2) is 11.5 Å². The quantitative estimate of drug-likeness (QED) is 0.531. The van der Waals surface area contributed by atoms with E-state index in [0.717, 1.165) is 11.1 Å². The summed E-state index contributed by atoms with van der Waals surface area (Å²) in [5, 5.41) is 10.7. The van der Waals surface area contributed by atoms with Crippen LogP contribution in [0.4, 0.5) is 5.69 Å². The molecule has 0 radical (unpaired) electrons. The van der Waals surface area contributed by atoms with Gasteiger partial charge in [0.25, 0.3) is 5.69 Å². The van der Waals surface area contributed by atoms with Crippen molar-refractivity contribution in [1.82, 2.24) is 0 Å². The second kappa shape index (κ2) is 7.08. The van der Waals surface area contributed by atoms with E-state index in [4.69, 9.17) is 10.5 Å². The Morgan fingerprint density at radius 3 is 2.76 bits per heavy atom. The summed E-state index contributed by atoms with van der Waals surface area (Å²) in [5.74, 6) is 6.23. The van der Waals surface area contributed by atoms with E-state index < -0.39 is 4.92 Å². The first-order chi connectivity index (χ1) is 10.2. The smallest absolute Gasteiger partial charge is 0.273 e. The lowest BCUT2D eigenvalue weighted by atomic mass is 10.1. The molecule has 106 valence electrons. The summed E-state index contributed by atoms with van der Waals surface area (Å²) < 4.78 is 5.60. The number of nitro benzene ring substituents is 1. The molecule has 0 fully saturated rings. The fraction of sp³-hybridized carbons (Fsp3) is 0.125. The summed E-state index contributed by atoms with van der Waals surface area (Å²) in [4.78, 5) is 10.3. The minimum Gasteiger partial charge on any atom is -0.489 e. The molecule has 0 saturated heterocycles. The first kappa shape index (κ1) is 14.6. The van der Waals surface area contributed by atoms with Crippen LogP contribution in [0.1, 0.15) is 11.1 Å². The predicted octanol–water partition coefficient (Wildman–Crippen LogP) is 2.48. The molecule has 21 heavy (non-hydrogen) atoms. The predicted molar refractivity (Wildman–Crippen MR) is 79.8 cm³/mol. The first-order valence-electron chi connectivity index (χ1n) is 6.35. The maximum atomic E-state index is 10.7. The highest BCUT2D eigenvalue weighted by Crippen LogP contribution is 2.20. The van der Waals surface area contributed by atoms with Gasteiger partial charge in [-0.25, -0.2) is 0 Å². The minimum atomic E-state index is -0.451. The Bertz CT molecular complexity index is 702. The molecule has 0 amide bonds. The number of nitrogens with two attached hydrogens (primary N) is 1. The van der Waals surface area contributed by atoms with E-state index in [1.54, 1.807) is 12.1 Å². The van der Waals surface area contributed by atoms with Crippen LogP contribution in [0.5, 0.6) is 5.75 Å². The summed E-state index contributed by atoms with van der Waals surface area (Å²) in [5.41, 5.74) is 7.12. The second-order valence-electron chi connectivity index (χ2n) is 4.21. The van der Waals surface area contributed by atoms with Crippen molar-refractivity contribution in [3.63, 3.8) is 0 Å². The van der Waals surface area contributed by atoms with E-state index in [1.807, 2.05) is 24.3 Å². The van der Waals surface area contributed by atoms with Crippen molar-refractivity contribution in [2.45, 2.75) is 6.61 Å². The molecule has 2 aromatic rings. The van der Waals surface area contributed by atoms with Crippen molar-refractivity contribution in [3.05, 3.63) is 69.8 Å². The number of non-ortho nitro benzene ring substituents is 1. The maximum absolute atomic E-state index is 10.7. The Kier molecular flexibility index (Phi) is 4.91. The zero-order chi connectivity index (χ0) is 15.1. The highest BCUT2D eigenvalue weighted by atomic mass is 16.6. The Labute approximate surface area is 122 Å². The van der Waals surface area contributed by atoms with Crippen LogP contribution in [0.15, 0.2) is 48.5 Å². The van der Waals surface area contributed by atoms with E-state index >= 15 is 0 Å². The molecule has 5 nitrogen and oxygen atoms in total. The zero-order valence-corrected chi connectivity index (χ0v) is 11.3. The van der Waals surface area contributed by atoms with Crippen molar-refractivity contribution in [3.8, 4) is 17.6 Å². The Balaban J connectivity index is 2.13. The van der Waals surface area contributed by atoms with Crippen LogP contribution in [0.2, 0.25) is 0 Å². The third-order valence-electron chi connectivity index (χ3n) is 2.77. The molecule has 0 aliphatic rings. The topological polar surface area (TPSA) is 78.4 Å². The monoisotopic (exact) mass is 282 g/mol. The zero-order valence-electron chi connectivity index (χ0n) is 11.3. The fourth-order valence-electron chi connectivity index (χ4n) is 1.76. The van der Waals surface area contributed by atoms with Gasteiger partial charge >= 0.3 is 0 Å². The summed E-state index contributed by atoms with van der Waals surface area (Å²) in [6.45, 7) is 0.580. The number of nitro groups is 1. The SMILES string of the molecule is NCC#Cc1ccccc1COc1cccc([N+](=O)[O-])c1. The lowest BCUT2D eigenvalue weighted by molar-refractivity contribution is -0.384. The highest BCUT2D eigenvalue weighted by Gasteiger charge is 2.07. The van der Waals surface area contributed by atoms with Crippen LogP contribution in [-0.2, 0) is 6.61 Å². The fourth-order valence-corrected chi connectivity index (χ4v) is 1.76. The van der Waals surface area contributed by atoms with Gasteiger partial charge in [-0.2, -0.15) is 0 Å². The van der Waals surface area contributed by atoms with Crippen LogP contribution in [0, 0.1) is 22.0 Å². The lowest BCUT2D eigenvalue weighted by Gasteiger charge is -2.07. The van der Waals surface area contributed by atoms with Gasteiger partial charge in [-0.05, 0) is 12.1 Å². The summed E-state index contributed by atoms with van der Waals surface area (Å²) in [6, 6.07) is 13.7. The van der Waals surface area contributed by atoms with Crippen LogP contribution in [0.3, 0.4) is 0 Å². The van der Waals surface area contributed by atoms with Gasteiger partial charge in [-0.3, -0.25) is 10.1 Å². The Hall–Kier alpha value is -2.84. The lowest BCUT2D eigenvalue weighted by Crippen LogP contribution is -1.99. The van der Waals surface area contributed by atoms with Gasteiger partial charge in [0, 0.05) is 17.2 Å². The van der Waals surface area contributed by atoms with Gasteiger partial charge in [0.15, 0.2) is 0 Å². The summed E-state index contributed by atoms with van der Waals surface area (Å²) in [7, 11) is 0. The molecule has 0 saturated carbocycles. The highest BCUT2D eigenvalue weighted by molar-refractivity contribution is 5.42. The van der Waals surface area contributed by atoms with Crippen molar-refractivity contribution < 1.29 is 9.66 Å². The second-order valence-corrected chi connectivity index (χ2v) is 4.21. The van der Waals surface area contributed by atoms with Crippen molar-refractivity contribution in [1.29, 1.82) is 0 Å². The molecule has 2 aromatic carbocycles. The van der Waals surface area contributed by atoms with Crippen molar-refractivity contribution in [2.24, 2.45) is 5.73 Å². The standard InChI is InChI=1S/C16H14N2O3/c17-10-4-7-13-5-1-2-6-14(13)12-21-16-9-3-8-15(11-16)18(19)20/h1-3,5-6,8-9,11H,10,12,17H2. The number of benzene rings is 2. The molecule has 0 aliphatic heterocycles. The van der Waals surface area contributed by atoms with Crippen molar-refractivity contribution in [2.75, 3.05) is 6.54 Å².